The van der Waals surface area contributed by atoms with E-state index in [1.807, 2.05) is 19.2 Å². The number of hydrogen-bond donors (Lipinski definition) is 0. The number of rotatable bonds is 2. The summed E-state index contributed by atoms with van der Waals surface area (Å²) in [6.07, 6.45) is 5.54. The summed E-state index contributed by atoms with van der Waals surface area (Å²) in [5.74, 6) is 0. The van der Waals surface area contributed by atoms with E-state index in [2.05, 4.69) is 18.2 Å². The van der Waals surface area contributed by atoms with Crippen LogP contribution in [-0.4, -0.2) is 4.57 Å². The number of benzene rings is 1. The summed E-state index contributed by atoms with van der Waals surface area (Å²) >= 11 is 0. The quantitative estimate of drug-likeness (QED) is 0.789. The molecule has 1 aromatic heterocycles. The van der Waals surface area contributed by atoms with Gasteiger partial charge in [-0.1, -0.05) is 18.2 Å². The van der Waals surface area contributed by atoms with Gasteiger partial charge in [-0.15, -0.1) is 0 Å². The molecule has 0 amide bonds. The maximum atomic E-state index is 11.8. The van der Waals surface area contributed by atoms with Gasteiger partial charge in [-0.25, -0.2) is 0 Å². The van der Waals surface area contributed by atoms with E-state index in [0.717, 1.165) is 5.56 Å². The van der Waals surface area contributed by atoms with Crippen molar-refractivity contribution in [2.45, 2.75) is 32.7 Å². The number of nitrogens with zero attached hydrogens (tertiary/aromatic N) is 1. The molecule has 18 heavy (non-hydrogen) atoms. The molecule has 0 spiro atoms. The van der Waals surface area contributed by atoms with Crippen LogP contribution in [0.2, 0.25) is 0 Å². The fourth-order valence-electron chi connectivity index (χ4n) is 2.66. The fraction of sp³-hybridized carbons (Fsp3) is 0.312. The van der Waals surface area contributed by atoms with Crippen molar-refractivity contribution in [2.75, 3.05) is 0 Å². The van der Waals surface area contributed by atoms with Crippen LogP contribution in [0.15, 0.2) is 41.3 Å². The number of aromatic nitrogens is 1. The predicted molar refractivity (Wildman–Crippen MR) is 73.0 cm³/mol. The molecule has 0 saturated heterocycles. The van der Waals surface area contributed by atoms with Crippen molar-refractivity contribution >= 4 is 0 Å². The molecule has 2 heteroatoms. The summed E-state index contributed by atoms with van der Waals surface area (Å²) in [6, 6.07) is 10.3. The van der Waals surface area contributed by atoms with Crippen molar-refractivity contribution in [3.63, 3.8) is 0 Å². The third kappa shape index (κ3) is 2.10. The van der Waals surface area contributed by atoms with Crippen LogP contribution in [0.5, 0.6) is 0 Å². The fourth-order valence-corrected chi connectivity index (χ4v) is 2.66. The molecule has 0 unspecified atom stereocenters. The van der Waals surface area contributed by atoms with Crippen LogP contribution in [0.4, 0.5) is 0 Å². The van der Waals surface area contributed by atoms with Crippen molar-refractivity contribution in [1.29, 1.82) is 0 Å². The molecule has 0 N–H and O–H groups in total. The normalized spacial score (nSPS) is 13.6. The lowest BCUT2D eigenvalue weighted by molar-refractivity contribution is 0.756. The Morgan fingerprint density at radius 3 is 2.78 bits per heavy atom. The van der Waals surface area contributed by atoms with Crippen molar-refractivity contribution in [1.82, 2.24) is 4.57 Å². The van der Waals surface area contributed by atoms with E-state index < -0.39 is 0 Å². The highest BCUT2D eigenvalue weighted by molar-refractivity contribution is 5.35. The lowest BCUT2D eigenvalue weighted by atomic mass is 10.1. The van der Waals surface area contributed by atoms with Crippen LogP contribution in [-0.2, 0) is 19.4 Å². The lowest BCUT2D eigenvalue weighted by Gasteiger charge is -2.08. The molecule has 0 atom stereocenters. The maximum absolute atomic E-state index is 11.8. The zero-order valence-electron chi connectivity index (χ0n) is 10.6. The Kier molecular flexibility index (Phi) is 2.78. The zero-order valence-corrected chi connectivity index (χ0v) is 10.6. The monoisotopic (exact) mass is 239 g/mol. The molecule has 1 aromatic carbocycles. The van der Waals surface area contributed by atoms with E-state index in [1.165, 1.54) is 36.0 Å². The maximum Gasteiger partial charge on any atom is 0.251 e. The van der Waals surface area contributed by atoms with Crippen molar-refractivity contribution in [3.8, 4) is 0 Å². The molecular weight excluding hydrogens is 222 g/mol. The van der Waals surface area contributed by atoms with E-state index in [9.17, 15) is 4.79 Å². The third-order valence-electron chi connectivity index (χ3n) is 3.67. The van der Waals surface area contributed by atoms with Crippen LogP contribution in [0.3, 0.4) is 0 Å². The standard InChI is InChI=1S/C16H17NO/c1-12-7-8-17(16(18)9-12)11-13-5-6-14-3-2-4-15(14)10-13/h5-10H,2-4,11H2,1H3. The number of aryl methyl sites for hydroxylation is 3. The van der Waals surface area contributed by atoms with Gasteiger partial charge in [-0.2, -0.15) is 0 Å². The highest BCUT2D eigenvalue weighted by Crippen LogP contribution is 2.22. The van der Waals surface area contributed by atoms with Gasteiger partial charge in [0, 0.05) is 12.3 Å². The number of pyridine rings is 1. The van der Waals surface area contributed by atoms with Gasteiger partial charge in [0.15, 0.2) is 0 Å². The first-order valence-electron chi connectivity index (χ1n) is 6.50. The molecule has 0 radical (unpaired) electrons. The summed E-state index contributed by atoms with van der Waals surface area (Å²) in [4.78, 5) is 11.8. The second-order valence-electron chi connectivity index (χ2n) is 5.13. The highest BCUT2D eigenvalue weighted by Gasteiger charge is 2.10. The summed E-state index contributed by atoms with van der Waals surface area (Å²) in [5.41, 5.74) is 5.27. The number of hydrogen-bond acceptors (Lipinski definition) is 1. The van der Waals surface area contributed by atoms with Gasteiger partial charge in [0.2, 0.25) is 0 Å². The number of fused-ring (bicyclic) bond motifs is 1. The van der Waals surface area contributed by atoms with Crippen LogP contribution >= 0.6 is 0 Å². The molecule has 1 aliphatic rings. The van der Waals surface area contributed by atoms with Gasteiger partial charge in [0.1, 0.15) is 0 Å². The minimum Gasteiger partial charge on any atom is -0.311 e. The van der Waals surface area contributed by atoms with Gasteiger partial charge in [0.05, 0.1) is 6.54 Å². The van der Waals surface area contributed by atoms with E-state index in [4.69, 9.17) is 0 Å². The van der Waals surface area contributed by atoms with E-state index in [1.54, 1.807) is 10.6 Å². The van der Waals surface area contributed by atoms with Crippen molar-refractivity contribution in [3.05, 3.63) is 69.1 Å². The van der Waals surface area contributed by atoms with E-state index in [0.29, 0.717) is 6.54 Å². The second kappa shape index (κ2) is 4.45. The van der Waals surface area contributed by atoms with Crippen LogP contribution in [0, 0.1) is 6.92 Å². The van der Waals surface area contributed by atoms with Crippen LogP contribution in [0.1, 0.15) is 28.7 Å². The first-order chi connectivity index (χ1) is 8.72. The Bertz CT molecular complexity index is 640. The largest absolute Gasteiger partial charge is 0.311 e. The Hall–Kier alpha value is -1.83. The molecule has 2 aromatic rings. The zero-order chi connectivity index (χ0) is 12.5. The molecule has 3 rings (SSSR count). The topological polar surface area (TPSA) is 22.0 Å². The summed E-state index contributed by atoms with van der Waals surface area (Å²) in [5, 5.41) is 0. The van der Waals surface area contributed by atoms with Crippen LogP contribution in [0.25, 0.3) is 0 Å². The third-order valence-corrected chi connectivity index (χ3v) is 3.67. The SMILES string of the molecule is Cc1ccn(Cc2ccc3c(c2)CCC3)c(=O)c1. The Balaban J connectivity index is 1.90. The molecule has 0 bridgehead atoms. The Labute approximate surface area is 107 Å². The summed E-state index contributed by atoms with van der Waals surface area (Å²) in [7, 11) is 0. The van der Waals surface area contributed by atoms with Crippen molar-refractivity contribution in [2.24, 2.45) is 0 Å². The molecule has 0 aliphatic heterocycles. The minimum atomic E-state index is 0.0792. The molecular formula is C16H17NO. The molecule has 1 aliphatic carbocycles. The average Bonchev–Trinajstić information content (AvgIpc) is 2.80. The van der Waals surface area contributed by atoms with Gasteiger partial charge in [-0.05, 0) is 54.5 Å². The first-order valence-corrected chi connectivity index (χ1v) is 6.50. The van der Waals surface area contributed by atoms with Gasteiger partial charge in [-0.3, -0.25) is 4.79 Å². The van der Waals surface area contributed by atoms with Crippen molar-refractivity contribution < 1.29 is 0 Å². The second-order valence-corrected chi connectivity index (χ2v) is 5.13. The molecule has 0 fully saturated rings. The van der Waals surface area contributed by atoms with Gasteiger partial charge < -0.3 is 4.57 Å². The summed E-state index contributed by atoms with van der Waals surface area (Å²) in [6.45, 7) is 2.62. The van der Waals surface area contributed by atoms with Gasteiger partial charge in [0.25, 0.3) is 5.56 Å². The molecule has 1 heterocycles. The predicted octanol–water partition coefficient (Wildman–Crippen LogP) is 2.69. The highest BCUT2D eigenvalue weighted by atomic mass is 16.1. The van der Waals surface area contributed by atoms with Crippen LogP contribution < -0.4 is 5.56 Å². The Morgan fingerprint density at radius 2 is 1.94 bits per heavy atom. The van der Waals surface area contributed by atoms with Gasteiger partial charge >= 0.3 is 0 Å². The smallest absolute Gasteiger partial charge is 0.251 e. The molecule has 0 saturated carbocycles. The minimum absolute atomic E-state index is 0.0792. The lowest BCUT2D eigenvalue weighted by Crippen LogP contribution is -2.19. The molecule has 2 nitrogen and oxygen atoms in total. The Morgan fingerprint density at radius 1 is 1.11 bits per heavy atom. The first kappa shape index (κ1) is 11.3. The van der Waals surface area contributed by atoms with E-state index in [-0.39, 0.29) is 5.56 Å². The molecule has 92 valence electrons. The summed E-state index contributed by atoms with van der Waals surface area (Å²) < 4.78 is 1.77. The van der Waals surface area contributed by atoms with E-state index >= 15 is 0 Å². The average molecular weight is 239 g/mol.